The minimum atomic E-state index is -0.246. The summed E-state index contributed by atoms with van der Waals surface area (Å²) in [5.41, 5.74) is 3.25. The van der Waals surface area contributed by atoms with E-state index in [4.69, 9.17) is 4.74 Å². The van der Waals surface area contributed by atoms with Crippen LogP contribution < -0.4 is 26.0 Å². The van der Waals surface area contributed by atoms with Crippen molar-refractivity contribution in [3.05, 3.63) is 71.6 Å². The van der Waals surface area contributed by atoms with Gasteiger partial charge in [0, 0.05) is 35.7 Å². The number of amides is 3. The number of anilines is 1. The summed E-state index contributed by atoms with van der Waals surface area (Å²) in [6.07, 6.45) is 5.83. The van der Waals surface area contributed by atoms with Crippen molar-refractivity contribution in [2.24, 2.45) is 5.92 Å². The number of Topliss-reactive ketones (excluding diaryl/α,β-unsaturated/α-hetero) is 1. The first kappa shape index (κ1) is 29.2. The summed E-state index contributed by atoms with van der Waals surface area (Å²) < 4.78 is 5.55. The normalized spacial score (nSPS) is 19.8. The Morgan fingerprint density at radius 2 is 1.80 bits per heavy atom. The first-order valence-electron chi connectivity index (χ1n) is 14.2. The zero-order valence-electron chi connectivity index (χ0n) is 24.1. The molecule has 0 spiro atoms. The SMILES string of the molecule is C=C(NC(=O)c1ccc(C(C)(C)C)cc1)Nc1ccc(CC(=O)CCCCC2CCC3NC(=O)NC23)c(OC)c1. The molecule has 1 aliphatic carbocycles. The molecule has 1 saturated heterocycles. The average molecular weight is 547 g/mol. The van der Waals surface area contributed by atoms with Crippen LogP contribution in [0.3, 0.4) is 0 Å². The Labute approximate surface area is 237 Å². The Balaban J connectivity index is 1.22. The van der Waals surface area contributed by atoms with Crippen LogP contribution in [0.4, 0.5) is 10.5 Å². The topological polar surface area (TPSA) is 109 Å². The molecule has 214 valence electrons. The van der Waals surface area contributed by atoms with E-state index in [0.29, 0.717) is 41.6 Å². The Hall–Kier alpha value is -3.81. The number of rotatable bonds is 12. The number of fused-ring (bicyclic) bond motifs is 1. The van der Waals surface area contributed by atoms with Gasteiger partial charge in [0.25, 0.3) is 5.91 Å². The van der Waals surface area contributed by atoms with Crippen LogP contribution in [0.2, 0.25) is 0 Å². The van der Waals surface area contributed by atoms with Crippen molar-refractivity contribution >= 4 is 23.4 Å². The number of hydrogen-bond acceptors (Lipinski definition) is 5. The fourth-order valence-corrected chi connectivity index (χ4v) is 5.68. The fraction of sp³-hybridized carbons (Fsp3) is 0.469. The van der Waals surface area contributed by atoms with Crippen LogP contribution in [0.5, 0.6) is 5.75 Å². The lowest BCUT2D eigenvalue weighted by atomic mass is 9.87. The number of hydrogen-bond donors (Lipinski definition) is 4. The molecule has 8 nitrogen and oxygen atoms in total. The number of carbonyl (C=O) groups is 3. The van der Waals surface area contributed by atoms with Gasteiger partial charge in [0.15, 0.2) is 0 Å². The number of methoxy groups -OCH3 is 1. The van der Waals surface area contributed by atoms with Crippen molar-refractivity contribution in [3.8, 4) is 5.75 Å². The highest BCUT2D eigenvalue weighted by molar-refractivity contribution is 5.95. The zero-order chi connectivity index (χ0) is 28.9. The van der Waals surface area contributed by atoms with E-state index >= 15 is 0 Å². The van der Waals surface area contributed by atoms with Crippen molar-refractivity contribution in [2.75, 3.05) is 12.4 Å². The third-order valence-electron chi connectivity index (χ3n) is 7.93. The third kappa shape index (κ3) is 7.43. The molecular formula is C32H42N4O4. The standard InChI is InChI=1S/C32H42N4O4/c1-20(34-30(38)22-10-14-24(15-11-22)32(2,3)4)33-25-16-12-23(28(19-25)40-5)18-26(37)9-7-6-8-21-13-17-27-29(21)36-31(39)35-27/h10-12,14-16,19,21,27,29,33H,1,6-9,13,17-18H2,2-5H3,(H,34,38)(H2,35,36,39). The number of carbonyl (C=O) groups excluding carboxylic acids is 3. The minimum absolute atomic E-state index is 0.0177. The van der Waals surface area contributed by atoms with E-state index < -0.39 is 0 Å². The number of ketones is 1. The van der Waals surface area contributed by atoms with Gasteiger partial charge in [-0.25, -0.2) is 4.79 Å². The summed E-state index contributed by atoms with van der Waals surface area (Å²) in [7, 11) is 1.58. The van der Waals surface area contributed by atoms with E-state index in [1.807, 2.05) is 36.4 Å². The molecule has 2 aromatic carbocycles. The number of ether oxygens (including phenoxy) is 1. The predicted molar refractivity (Wildman–Crippen MR) is 158 cm³/mol. The van der Waals surface area contributed by atoms with Gasteiger partial charge in [-0.3, -0.25) is 9.59 Å². The first-order valence-corrected chi connectivity index (χ1v) is 14.2. The van der Waals surface area contributed by atoms with Gasteiger partial charge < -0.3 is 26.0 Å². The summed E-state index contributed by atoms with van der Waals surface area (Å²) in [5.74, 6) is 1.37. The summed E-state index contributed by atoms with van der Waals surface area (Å²) in [6.45, 7) is 10.3. The molecule has 1 aliphatic heterocycles. The van der Waals surface area contributed by atoms with Crippen LogP contribution in [0, 0.1) is 5.92 Å². The molecule has 4 N–H and O–H groups in total. The second-order valence-electron chi connectivity index (χ2n) is 12.0. The summed E-state index contributed by atoms with van der Waals surface area (Å²) in [6, 6.07) is 13.5. The van der Waals surface area contributed by atoms with Gasteiger partial charge in [-0.15, -0.1) is 0 Å². The monoisotopic (exact) mass is 546 g/mol. The van der Waals surface area contributed by atoms with Crippen LogP contribution in [0.25, 0.3) is 0 Å². The van der Waals surface area contributed by atoms with E-state index in [1.165, 1.54) is 0 Å². The van der Waals surface area contributed by atoms with Gasteiger partial charge in [0.05, 0.1) is 19.2 Å². The molecule has 4 rings (SSSR count). The van der Waals surface area contributed by atoms with Crippen molar-refractivity contribution in [1.29, 1.82) is 0 Å². The largest absolute Gasteiger partial charge is 0.496 e. The number of nitrogens with one attached hydrogen (secondary N) is 4. The van der Waals surface area contributed by atoms with Crippen molar-refractivity contribution < 1.29 is 19.1 Å². The maximum atomic E-state index is 12.7. The van der Waals surface area contributed by atoms with E-state index in [-0.39, 0.29) is 35.2 Å². The highest BCUT2D eigenvalue weighted by Gasteiger charge is 2.41. The number of unbranched alkanes of at least 4 members (excludes halogenated alkanes) is 1. The quantitative estimate of drug-likeness (QED) is 0.265. The maximum absolute atomic E-state index is 12.7. The van der Waals surface area contributed by atoms with Gasteiger partial charge >= 0.3 is 6.03 Å². The molecule has 0 radical (unpaired) electrons. The highest BCUT2D eigenvalue weighted by Crippen LogP contribution is 2.33. The molecule has 2 aliphatic rings. The van der Waals surface area contributed by atoms with Gasteiger partial charge in [-0.2, -0.15) is 0 Å². The molecular weight excluding hydrogens is 504 g/mol. The Bertz CT molecular complexity index is 1250. The molecule has 1 saturated carbocycles. The summed E-state index contributed by atoms with van der Waals surface area (Å²) >= 11 is 0. The van der Waals surface area contributed by atoms with Gasteiger partial charge in [0.2, 0.25) is 0 Å². The van der Waals surface area contributed by atoms with Crippen LogP contribution in [-0.2, 0) is 16.6 Å². The van der Waals surface area contributed by atoms with Crippen molar-refractivity contribution in [3.63, 3.8) is 0 Å². The fourth-order valence-electron chi connectivity index (χ4n) is 5.68. The van der Waals surface area contributed by atoms with E-state index in [2.05, 4.69) is 48.6 Å². The van der Waals surface area contributed by atoms with Gasteiger partial charge in [-0.05, 0) is 60.8 Å². The predicted octanol–water partition coefficient (Wildman–Crippen LogP) is 5.44. The lowest BCUT2D eigenvalue weighted by molar-refractivity contribution is -0.118. The summed E-state index contributed by atoms with van der Waals surface area (Å²) in [4.78, 5) is 36.9. The molecule has 0 bridgehead atoms. The Morgan fingerprint density at radius 1 is 1.05 bits per heavy atom. The minimum Gasteiger partial charge on any atom is -0.496 e. The molecule has 40 heavy (non-hydrogen) atoms. The van der Waals surface area contributed by atoms with Gasteiger partial charge in [0.1, 0.15) is 17.4 Å². The first-order chi connectivity index (χ1) is 19.0. The summed E-state index contributed by atoms with van der Waals surface area (Å²) in [5, 5.41) is 11.9. The highest BCUT2D eigenvalue weighted by atomic mass is 16.5. The molecule has 1 heterocycles. The van der Waals surface area contributed by atoms with E-state index in [9.17, 15) is 14.4 Å². The second kappa shape index (κ2) is 12.6. The lowest BCUT2D eigenvalue weighted by Gasteiger charge is -2.19. The van der Waals surface area contributed by atoms with Crippen LogP contribution in [0.15, 0.2) is 54.9 Å². The molecule has 2 fully saturated rings. The molecule has 0 aromatic heterocycles. The van der Waals surface area contributed by atoms with Crippen molar-refractivity contribution in [1.82, 2.24) is 16.0 Å². The van der Waals surface area contributed by atoms with Crippen LogP contribution in [-0.4, -0.2) is 36.9 Å². The third-order valence-corrected chi connectivity index (χ3v) is 7.93. The maximum Gasteiger partial charge on any atom is 0.315 e. The van der Waals surface area contributed by atoms with E-state index in [0.717, 1.165) is 43.2 Å². The van der Waals surface area contributed by atoms with Crippen LogP contribution >= 0.6 is 0 Å². The van der Waals surface area contributed by atoms with E-state index in [1.54, 1.807) is 13.2 Å². The lowest BCUT2D eigenvalue weighted by Crippen LogP contribution is -2.33. The smallest absolute Gasteiger partial charge is 0.315 e. The molecule has 3 amide bonds. The number of benzene rings is 2. The second-order valence-corrected chi connectivity index (χ2v) is 12.0. The Morgan fingerprint density at radius 3 is 2.50 bits per heavy atom. The molecule has 3 atom stereocenters. The Kier molecular flexibility index (Phi) is 9.17. The molecule has 3 unspecified atom stereocenters. The van der Waals surface area contributed by atoms with Crippen LogP contribution in [0.1, 0.15) is 80.8 Å². The van der Waals surface area contributed by atoms with Gasteiger partial charge in [-0.1, -0.05) is 52.0 Å². The number of urea groups is 1. The van der Waals surface area contributed by atoms with Crippen molar-refractivity contribution in [2.45, 2.75) is 83.2 Å². The molecule has 8 heteroatoms. The zero-order valence-corrected chi connectivity index (χ0v) is 24.1. The average Bonchev–Trinajstić information content (AvgIpc) is 3.46. The molecule has 2 aromatic rings.